The molecule has 4 heterocycles. The Labute approximate surface area is 226 Å². The highest BCUT2D eigenvalue weighted by Gasteiger charge is 2.49. The van der Waals surface area contributed by atoms with Gasteiger partial charge >= 0.3 is 6.85 Å². The molecule has 0 radical (unpaired) electrons. The summed E-state index contributed by atoms with van der Waals surface area (Å²) in [5.41, 5.74) is 15.7. The molecule has 176 valence electrons. The Kier molecular flexibility index (Phi) is 4.05. The molecule has 0 bridgehead atoms. The summed E-state index contributed by atoms with van der Waals surface area (Å²) < 4.78 is 0. The topological polar surface area (TPSA) is 6.48 Å². The second kappa shape index (κ2) is 7.50. The van der Waals surface area contributed by atoms with Gasteiger partial charge in [0.05, 0.1) is 5.00 Å². The summed E-state index contributed by atoms with van der Waals surface area (Å²) >= 11 is 1.86. The third-order valence-electron chi connectivity index (χ3n) is 8.26. The van der Waals surface area contributed by atoms with Crippen LogP contribution in [0.25, 0.3) is 33.4 Å². The zero-order chi connectivity index (χ0) is 24.8. The molecule has 0 saturated carbocycles. The molecule has 0 N–H and O–H groups in total. The first-order valence-electron chi connectivity index (χ1n) is 13.1. The van der Waals surface area contributed by atoms with E-state index in [-0.39, 0.29) is 6.85 Å². The van der Waals surface area contributed by atoms with Gasteiger partial charge in [-0.25, -0.2) is 0 Å². The van der Waals surface area contributed by atoms with E-state index >= 15 is 0 Å². The first-order chi connectivity index (χ1) is 18.9. The van der Waals surface area contributed by atoms with Crippen molar-refractivity contribution in [1.29, 1.82) is 0 Å². The molecule has 1 aromatic heterocycles. The molecule has 3 aliphatic rings. The number of thiophene rings is 1. The molecule has 9 rings (SSSR count). The average molecular weight is 500 g/mol. The van der Waals surface area contributed by atoms with Crippen molar-refractivity contribution in [2.75, 3.05) is 9.71 Å². The van der Waals surface area contributed by atoms with Crippen LogP contribution in [0.4, 0.5) is 27.8 Å². The largest absolute Gasteiger partial charge is 0.376 e. The van der Waals surface area contributed by atoms with E-state index in [0.29, 0.717) is 0 Å². The van der Waals surface area contributed by atoms with Gasteiger partial charge in [-0.15, -0.1) is 11.3 Å². The fourth-order valence-electron chi connectivity index (χ4n) is 6.73. The van der Waals surface area contributed by atoms with Gasteiger partial charge < -0.3 is 9.71 Å². The maximum atomic E-state index is 2.59. The normalized spacial score (nSPS) is 13.6. The summed E-state index contributed by atoms with van der Waals surface area (Å²) in [6.07, 6.45) is 0. The minimum absolute atomic E-state index is 0.163. The van der Waals surface area contributed by atoms with Crippen molar-refractivity contribution in [3.63, 3.8) is 0 Å². The molecule has 3 aliphatic heterocycles. The number of fused-ring (bicyclic) bond motifs is 6. The molecule has 5 aromatic carbocycles. The van der Waals surface area contributed by atoms with E-state index in [4.69, 9.17) is 0 Å². The summed E-state index contributed by atoms with van der Waals surface area (Å²) in [5, 5.41) is 3.69. The van der Waals surface area contributed by atoms with Crippen molar-refractivity contribution in [3.05, 3.63) is 127 Å². The number of hydrogen-bond donors (Lipinski definition) is 0. The lowest BCUT2D eigenvalue weighted by Crippen LogP contribution is -2.62. The Morgan fingerprint density at radius 3 is 1.95 bits per heavy atom. The highest BCUT2D eigenvalue weighted by molar-refractivity contribution is 7.18. The van der Waals surface area contributed by atoms with Crippen LogP contribution < -0.4 is 20.6 Å². The SMILES string of the molecule is c1ccc(-c2cccc(N3c4cccc5c4B4c6c(csc63)-c3ccccc3N4c3ccccc3-5)c2)cc1. The number of benzene rings is 5. The van der Waals surface area contributed by atoms with Gasteiger partial charge in [0, 0.05) is 39.3 Å². The molecule has 0 spiro atoms. The summed E-state index contributed by atoms with van der Waals surface area (Å²) in [6, 6.07) is 44.3. The zero-order valence-corrected chi connectivity index (χ0v) is 21.3. The fourth-order valence-corrected chi connectivity index (χ4v) is 7.87. The van der Waals surface area contributed by atoms with E-state index in [0.717, 1.165) is 0 Å². The third-order valence-corrected chi connectivity index (χ3v) is 9.24. The summed E-state index contributed by atoms with van der Waals surface area (Å²) in [4.78, 5) is 5.10. The van der Waals surface area contributed by atoms with E-state index in [1.807, 2.05) is 11.3 Å². The Morgan fingerprint density at radius 2 is 1.13 bits per heavy atom. The minimum atomic E-state index is 0.163. The third kappa shape index (κ3) is 2.58. The van der Waals surface area contributed by atoms with Gasteiger partial charge in [-0.1, -0.05) is 91.0 Å². The van der Waals surface area contributed by atoms with Crippen molar-refractivity contribution in [2.24, 2.45) is 0 Å². The number of para-hydroxylation sites is 2. The van der Waals surface area contributed by atoms with Crippen LogP contribution in [0.3, 0.4) is 0 Å². The van der Waals surface area contributed by atoms with Gasteiger partial charge in [0.1, 0.15) is 0 Å². The lowest BCUT2D eigenvalue weighted by molar-refractivity contribution is 1.29. The molecule has 0 fully saturated rings. The summed E-state index contributed by atoms with van der Waals surface area (Å²) in [6.45, 7) is 0.163. The van der Waals surface area contributed by atoms with Gasteiger partial charge in [0.15, 0.2) is 0 Å². The molecule has 0 amide bonds. The van der Waals surface area contributed by atoms with Crippen molar-refractivity contribution >= 4 is 56.9 Å². The smallest absolute Gasteiger partial charge is 0.334 e. The van der Waals surface area contributed by atoms with Crippen LogP contribution in [-0.2, 0) is 0 Å². The van der Waals surface area contributed by atoms with Crippen molar-refractivity contribution in [1.82, 2.24) is 0 Å². The lowest BCUT2D eigenvalue weighted by Gasteiger charge is -2.47. The zero-order valence-electron chi connectivity index (χ0n) is 20.5. The van der Waals surface area contributed by atoms with Gasteiger partial charge in [0.2, 0.25) is 0 Å². The van der Waals surface area contributed by atoms with Crippen LogP contribution in [0, 0.1) is 0 Å². The molecule has 0 aliphatic carbocycles. The Hall–Kier alpha value is -4.54. The first kappa shape index (κ1) is 20.5. The van der Waals surface area contributed by atoms with Crippen molar-refractivity contribution in [3.8, 4) is 33.4 Å². The standard InChI is InChI=1S/C34H21BN2S/c1-2-10-22(11-3-1)23-12-8-13-24(20-23)36-31-19-9-16-27-25-14-4-6-17-29(25)37-30-18-7-5-15-26(30)28-21-38-34(36)33(28)35(37)32(27)31/h1-21H. The average Bonchev–Trinajstić information content (AvgIpc) is 3.43. The quantitative estimate of drug-likeness (QED) is 0.222. The Balaban J connectivity index is 1.37. The summed E-state index contributed by atoms with van der Waals surface area (Å²) in [5.74, 6) is 0. The first-order valence-corrected chi connectivity index (χ1v) is 13.9. The molecule has 0 atom stereocenters. The molecule has 4 heteroatoms. The predicted octanol–water partition coefficient (Wildman–Crippen LogP) is 8.10. The van der Waals surface area contributed by atoms with E-state index in [1.54, 1.807) is 0 Å². The molecule has 0 unspecified atom stereocenters. The second-order valence-corrected chi connectivity index (χ2v) is 11.0. The Morgan fingerprint density at radius 1 is 0.500 bits per heavy atom. The van der Waals surface area contributed by atoms with E-state index in [2.05, 4.69) is 136 Å². The van der Waals surface area contributed by atoms with Gasteiger partial charge in [-0.2, -0.15) is 0 Å². The van der Waals surface area contributed by atoms with E-state index in [9.17, 15) is 0 Å². The van der Waals surface area contributed by atoms with Crippen LogP contribution in [0.1, 0.15) is 0 Å². The van der Waals surface area contributed by atoms with Crippen LogP contribution in [0.15, 0.2) is 127 Å². The molecule has 6 aromatic rings. The summed E-state index contributed by atoms with van der Waals surface area (Å²) in [7, 11) is 0. The van der Waals surface area contributed by atoms with Crippen LogP contribution in [-0.4, -0.2) is 6.85 Å². The van der Waals surface area contributed by atoms with Crippen LogP contribution in [0.2, 0.25) is 0 Å². The molecule has 38 heavy (non-hydrogen) atoms. The number of nitrogens with zero attached hydrogens (tertiary/aromatic N) is 2. The lowest BCUT2D eigenvalue weighted by atomic mass is 9.42. The van der Waals surface area contributed by atoms with Crippen molar-refractivity contribution < 1.29 is 0 Å². The maximum Gasteiger partial charge on any atom is 0.334 e. The van der Waals surface area contributed by atoms with Gasteiger partial charge in [-0.3, -0.25) is 0 Å². The highest BCUT2D eigenvalue weighted by Crippen LogP contribution is 2.53. The Bertz CT molecular complexity index is 1910. The van der Waals surface area contributed by atoms with E-state index < -0.39 is 0 Å². The van der Waals surface area contributed by atoms with Crippen LogP contribution >= 0.6 is 11.3 Å². The number of anilines is 5. The molecular formula is C34H21BN2S. The van der Waals surface area contributed by atoms with E-state index in [1.165, 1.54) is 72.1 Å². The molecular weight excluding hydrogens is 479 g/mol. The number of rotatable bonds is 2. The van der Waals surface area contributed by atoms with Crippen molar-refractivity contribution in [2.45, 2.75) is 0 Å². The maximum absolute atomic E-state index is 2.59. The molecule has 2 nitrogen and oxygen atoms in total. The van der Waals surface area contributed by atoms with Gasteiger partial charge in [-0.05, 0) is 63.5 Å². The highest BCUT2D eigenvalue weighted by atomic mass is 32.1. The minimum Gasteiger partial charge on any atom is -0.376 e. The monoisotopic (exact) mass is 500 g/mol. The predicted molar refractivity (Wildman–Crippen MR) is 162 cm³/mol. The molecule has 0 saturated heterocycles. The van der Waals surface area contributed by atoms with Crippen LogP contribution in [0.5, 0.6) is 0 Å². The number of hydrogen-bond acceptors (Lipinski definition) is 3. The second-order valence-electron chi connectivity index (χ2n) is 10.2. The fraction of sp³-hybridized carbons (Fsp3) is 0. The van der Waals surface area contributed by atoms with Gasteiger partial charge in [0.25, 0.3) is 0 Å².